The van der Waals surface area contributed by atoms with Crippen molar-refractivity contribution in [3.05, 3.63) is 99.4 Å². The highest BCUT2D eigenvalue weighted by molar-refractivity contribution is 6.42. The molecule has 4 nitrogen and oxygen atoms in total. The molecule has 1 aliphatic rings. The molecule has 4 aromatic rings. The van der Waals surface area contributed by atoms with Gasteiger partial charge in [-0.3, -0.25) is 4.79 Å². The summed E-state index contributed by atoms with van der Waals surface area (Å²) in [6, 6.07) is 20.1. The highest BCUT2D eigenvalue weighted by Crippen LogP contribution is 2.30. The summed E-state index contributed by atoms with van der Waals surface area (Å²) in [5.74, 6) is 1.08. The number of aryl methyl sites for hydroxylation is 3. The maximum atomic E-state index is 12.7. The lowest BCUT2D eigenvalue weighted by molar-refractivity contribution is -0.120. The summed E-state index contributed by atoms with van der Waals surface area (Å²) in [5, 5.41) is 4.01. The molecule has 0 saturated carbocycles. The van der Waals surface area contributed by atoms with Gasteiger partial charge < -0.3 is 9.88 Å². The van der Waals surface area contributed by atoms with Crippen molar-refractivity contribution in [3.63, 3.8) is 0 Å². The zero-order valence-corrected chi connectivity index (χ0v) is 20.5. The average Bonchev–Trinajstić information content (AvgIpc) is 3.43. The summed E-state index contributed by atoms with van der Waals surface area (Å²) in [5.41, 5.74) is 7.36. The molecule has 0 bridgehead atoms. The molecule has 1 aliphatic heterocycles. The Hall–Kier alpha value is -3.08. The fourth-order valence-corrected chi connectivity index (χ4v) is 4.72. The van der Waals surface area contributed by atoms with Crippen LogP contribution in [0.3, 0.4) is 0 Å². The molecule has 1 amide bonds. The second kappa shape index (κ2) is 9.65. The first kappa shape index (κ1) is 22.7. The van der Waals surface area contributed by atoms with Gasteiger partial charge in [0.15, 0.2) is 0 Å². The van der Waals surface area contributed by atoms with Crippen LogP contribution in [0.15, 0.2) is 66.9 Å². The molecule has 6 heteroatoms. The number of fused-ring (bicyclic) bond motifs is 1. The van der Waals surface area contributed by atoms with Gasteiger partial charge in [0.25, 0.3) is 0 Å². The topological polar surface area (TPSA) is 46.9 Å². The summed E-state index contributed by atoms with van der Waals surface area (Å²) in [6.45, 7) is 3.53. The minimum absolute atomic E-state index is 0.0698. The smallest absolute Gasteiger partial charge is 0.224 e. The summed E-state index contributed by atoms with van der Waals surface area (Å²) in [6.07, 6.45) is 4.56. The number of nitrogens with one attached hydrogen (secondary N) is 1. The molecule has 34 heavy (non-hydrogen) atoms. The van der Waals surface area contributed by atoms with Crippen LogP contribution in [-0.4, -0.2) is 15.5 Å². The summed E-state index contributed by atoms with van der Waals surface area (Å²) >= 11 is 12.1. The number of rotatable bonds is 6. The highest BCUT2D eigenvalue weighted by Gasteiger charge is 2.16. The zero-order valence-electron chi connectivity index (χ0n) is 18.9. The Balaban J connectivity index is 1.40. The van der Waals surface area contributed by atoms with Crippen molar-refractivity contribution >= 4 is 29.1 Å². The Kier molecular flexibility index (Phi) is 6.44. The van der Waals surface area contributed by atoms with Crippen molar-refractivity contribution in [3.8, 4) is 22.4 Å². The average molecular weight is 490 g/mol. The molecule has 0 saturated heterocycles. The lowest BCUT2D eigenvalue weighted by Crippen LogP contribution is -2.24. The van der Waals surface area contributed by atoms with Gasteiger partial charge in [0.05, 0.1) is 22.2 Å². The van der Waals surface area contributed by atoms with Crippen molar-refractivity contribution in [1.82, 2.24) is 14.9 Å². The zero-order chi connectivity index (χ0) is 23.7. The van der Waals surface area contributed by atoms with Crippen LogP contribution in [0, 0.1) is 6.92 Å². The Morgan fingerprint density at radius 3 is 2.56 bits per heavy atom. The number of imidazole rings is 1. The molecule has 0 unspecified atom stereocenters. The number of halogens is 2. The Morgan fingerprint density at radius 2 is 1.79 bits per heavy atom. The van der Waals surface area contributed by atoms with Gasteiger partial charge in [-0.25, -0.2) is 4.98 Å². The van der Waals surface area contributed by atoms with Crippen molar-refractivity contribution in [2.75, 3.05) is 0 Å². The van der Waals surface area contributed by atoms with Crippen molar-refractivity contribution in [1.29, 1.82) is 0 Å². The molecule has 0 spiro atoms. The molecule has 1 aromatic heterocycles. The minimum atomic E-state index is -0.0698. The normalized spacial score (nSPS) is 12.6. The fraction of sp³-hybridized carbons (Fsp3) is 0.214. The monoisotopic (exact) mass is 489 g/mol. The van der Waals surface area contributed by atoms with Gasteiger partial charge in [0, 0.05) is 31.3 Å². The highest BCUT2D eigenvalue weighted by atomic mass is 35.5. The number of aromatic nitrogens is 2. The van der Waals surface area contributed by atoms with Gasteiger partial charge in [0.2, 0.25) is 5.91 Å². The molecule has 0 radical (unpaired) electrons. The van der Waals surface area contributed by atoms with Crippen LogP contribution in [0.5, 0.6) is 0 Å². The van der Waals surface area contributed by atoms with E-state index in [1.165, 1.54) is 5.56 Å². The third kappa shape index (κ3) is 4.89. The quantitative estimate of drug-likeness (QED) is 0.330. The third-order valence-electron chi connectivity index (χ3n) is 6.25. The summed E-state index contributed by atoms with van der Waals surface area (Å²) in [4.78, 5) is 17.6. The van der Waals surface area contributed by atoms with E-state index in [0.29, 0.717) is 16.6 Å². The first-order valence-corrected chi connectivity index (χ1v) is 12.2. The largest absolute Gasteiger partial charge is 0.352 e. The van der Waals surface area contributed by atoms with Gasteiger partial charge in [-0.05, 0) is 53.8 Å². The Morgan fingerprint density at radius 1 is 1.00 bits per heavy atom. The van der Waals surface area contributed by atoms with Crippen molar-refractivity contribution in [2.24, 2.45) is 0 Å². The summed E-state index contributed by atoms with van der Waals surface area (Å²) < 4.78 is 2.24. The number of hydrogen-bond donors (Lipinski definition) is 1. The van der Waals surface area contributed by atoms with Crippen LogP contribution in [0.2, 0.25) is 10.0 Å². The predicted octanol–water partition coefficient (Wildman–Crippen LogP) is 6.64. The van der Waals surface area contributed by atoms with E-state index in [2.05, 4.69) is 65.5 Å². The Labute approximate surface area is 209 Å². The molecule has 0 atom stereocenters. The minimum Gasteiger partial charge on any atom is -0.352 e. The van der Waals surface area contributed by atoms with E-state index in [1.54, 1.807) is 12.1 Å². The van der Waals surface area contributed by atoms with Gasteiger partial charge >= 0.3 is 0 Å². The van der Waals surface area contributed by atoms with Crippen molar-refractivity contribution in [2.45, 2.75) is 39.3 Å². The lowest BCUT2D eigenvalue weighted by atomic mass is 9.96. The van der Waals surface area contributed by atoms with E-state index in [1.807, 2.05) is 6.07 Å². The van der Waals surface area contributed by atoms with Crippen LogP contribution in [0.25, 0.3) is 22.4 Å². The maximum absolute atomic E-state index is 12.7. The van der Waals surface area contributed by atoms with Gasteiger partial charge in [-0.1, -0.05) is 71.2 Å². The number of carbonyl (C=O) groups is 1. The van der Waals surface area contributed by atoms with Crippen LogP contribution in [0.4, 0.5) is 0 Å². The molecular weight excluding hydrogens is 465 g/mol. The number of hydrogen-bond acceptors (Lipinski definition) is 2. The van der Waals surface area contributed by atoms with Gasteiger partial charge in [0.1, 0.15) is 5.82 Å². The molecule has 172 valence electrons. The van der Waals surface area contributed by atoms with Crippen molar-refractivity contribution < 1.29 is 4.79 Å². The number of benzene rings is 3. The molecule has 1 N–H and O–H groups in total. The number of amides is 1. The second-order valence-electron chi connectivity index (χ2n) is 8.78. The van der Waals surface area contributed by atoms with E-state index in [9.17, 15) is 4.79 Å². The van der Waals surface area contributed by atoms with E-state index in [4.69, 9.17) is 28.2 Å². The number of nitrogens with zero attached hydrogens (tertiary/aromatic N) is 2. The number of carbonyl (C=O) groups excluding carboxylic acids is 1. The van der Waals surface area contributed by atoms with Gasteiger partial charge in [-0.2, -0.15) is 0 Å². The second-order valence-corrected chi connectivity index (χ2v) is 9.59. The molecule has 2 heterocycles. The van der Waals surface area contributed by atoms with E-state index in [-0.39, 0.29) is 12.3 Å². The lowest BCUT2D eigenvalue weighted by Gasteiger charge is -2.13. The molecule has 3 aromatic carbocycles. The first-order valence-electron chi connectivity index (χ1n) is 11.4. The fourth-order valence-electron chi connectivity index (χ4n) is 4.40. The van der Waals surface area contributed by atoms with E-state index < -0.39 is 0 Å². The first-order chi connectivity index (χ1) is 16.5. The van der Waals surface area contributed by atoms with Crippen LogP contribution in [0.1, 0.15) is 28.9 Å². The van der Waals surface area contributed by atoms with Crippen LogP contribution < -0.4 is 5.32 Å². The Bertz CT molecular complexity index is 1340. The van der Waals surface area contributed by atoms with Crippen LogP contribution in [-0.2, 0) is 30.7 Å². The SMILES string of the molecule is Cc1ccc(-c2ccc(-c3cn4c(n3)CCC4)cc2CNC(=O)Cc2ccc(Cl)c(Cl)c2)cc1. The van der Waals surface area contributed by atoms with E-state index >= 15 is 0 Å². The molecule has 5 rings (SSSR count). The molecule has 0 aliphatic carbocycles. The summed E-state index contributed by atoms with van der Waals surface area (Å²) in [7, 11) is 0. The maximum Gasteiger partial charge on any atom is 0.224 e. The standard InChI is InChI=1S/C28H25Cl2N3O/c1-18-4-7-20(8-5-18)23-10-9-21(26-17-33-12-2-3-27(33)32-26)15-22(23)16-31-28(34)14-19-6-11-24(29)25(30)13-19/h4-11,13,15,17H,2-3,12,14,16H2,1H3,(H,31,34). The molecular formula is C28H25Cl2N3O. The third-order valence-corrected chi connectivity index (χ3v) is 6.99. The van der Waals surface area contributed by atoms with Gasteiger partial charge in [-0.15, -0.1) is 0 Å². The van der Waals surface area contributed by atoms with Crippen LogP contribution >= 0.6 is 23.2 Å². The van der Waals surface area contributed by atoms with E-state index in [0.717, 1.165) is 58.7 Å². The predicted molar refractivity (Wildman–Crippen MR) is 138 cm³/mol. The molecule has 0 fully saturated rings.